The highest BCUT2D eigenvalue weighted by Gasteiger charge is 2.19. The highest BCUT2D eigenvalue weighted by atomic mass is 16.5. The van der Waals surface area contributed by atoms with Crippen LogP contribution in [0.4, 0.5) is 0 Å². The second-order valence-electron chi connectivity index (χ2n) is 10.6. The molecule has 0 amide bonds. The van der Waals surface area contributed by atoms with Gasteiger partial charge in [0.15, 0.2) is 0 Å². The number of ether oxygens (including phenoxy) is 2. The highest BCUT2D eigenvalue weighted by Crippen LogP contribution is 2.19. The first-order valence-electron chi connectivity index (χ1n) is 15.2. The number of hydrogen-bond acceptors (Lipinski definition) is 7. The lowest BCUT2D eigenvalue weighted by Gasteiger charge is -2.35. The molecule has 1 unspecified atom stereocenters. The molecule has 214 valence electrons. The van der Waals surface area contributed by atoms with Crippen molar-refractivity contribution in [1.82, 2.24) is 14.7 Å². The third kappa shape index (κ3) is 16.9. The van der Waals surface area contributed by atoms with E-state index in [2.05, 4.69) is 28.5 Å². The normalized spacial score (nSPS) is 16.0. The summed E-state index contributed by atoms with van der Waals surface area (Å²) >= 11 is 0. The lowest BCUT2D eigenvalue weighted by Crippen LogP contribution is -2.49. The van der Waals surface area contributed by atoms with E-state index in [0.29, 0.717) is 6.61 Å². The average molecular weight is 513 g/mol. The maximum Gasteiger partial charge on any atom is 0.308 e. The van der Waals surface area contributed by atoms with Crippen molar-refractivity contribution in [3.05, 3.63) is 0 Å². The van der Waals surface area contributed by atoms with Gasteiger partial charge in [0.1, 0.15) is 0 Å². The van der Waals surface area contributed by atoms with Crippen LogP contribution in [0.1, 0.15) is 90.9 Å². The molecule has 1 rings (SSSR count). The van der Waals surface area contributed by atoms with Crippen LogP contribution in [-0.4, -0.2) is 106 Å². The number of nitrogens with zero attached hydrogens (tertiary/aromatic N) is 3. The fourth-order valence-electron chi connectivity index (χ4n) is 5.00. The number of carbonyl (C=O) groups excluding carboxylic acids is 1. The van der Waals surface area contributed by atoms with Crippen LogP contribution >= 0.6 is 0 Å². The van der Waals surface area contributed by atoms with Crippen molar-refractivity contribution in [2.75, 3.05) is 85.8 Å². The summed E-state index contributed by atoms with van der Waals surface area (Å²) in [5.41, 5.74) is 5.71. The van der Waals surface area contributed by atoms with Gasteiger partial charge in [0, 0.05) is 66.1 Å². The lowest BCUT2D eigenvalue weighted by atomic mass is 9.95. The van der Waals surface area contributed by atoms with E-state index >= 15 is 0 Å². The van der Waals surface area contributed by atoms with Gasteiger partial charge < -0.3 is 20.1 Å². The molecule has 0 bridgehead atoms. The quantitative estimate of drug-likeness (QED) is 0.152. The molecule has 36 heavy (non-hydrogen) atoms. The van der Waals surface area contributed by atoms with Crippen LogP contribution in [0.15, 0.2) is 0 Å². The summed E-state index contributed by atoms with van der Waals surface area (Å²) in [6, 6.07) is 0. The average Bonchev–Trinajstić information content (AvgIpc) is 2.89. The van der Waals surface area contributed by atoms with Crippen molar-refractivity contribution in [2.45, 2.75) is 90.9 Å². The zero-order chi connectivity index (χ0) is 26.3. The minimum Gasteiger partial charge on any atom is -0.465 e. The smallest absolute Gasteiger partial charge is 0.308 e. The van der Waals surface area contributed by atoms with Gasteiger partial charge in [0.25, 0.3) is 0 Å². The summed E-state index contributed by atoms with van der Waals surface area (Å²) in [6.07, 6.45) is 13.4. The molecule has 1 atom stereocenters. The second-order valence-corrected chi connectivity index (χ2v) is 10.6. The van der Waals surface area contributed by atoms with Gasteiger partial charge in [0.05, 0.1) is 12.5 Å². The predicted molar refractivity (Wildman–Crippen MR) is 151 cm³/mol. The Hall–Kier alpha value is -0.730. The Bertz CT molecular complexity index is 501. The predicted octanol–water partition coefficient (Wildman–Crippen LogP) is 4.39. The Balaban J connectivity index is 2.33. The minimum absolute atomic E-state index is 0.0464. The highest BCUT2D eigenvalue weighted by molar-refractivity contribution is 5.72. The summed E-state index contributed by atoms with van der Waals surface area (Å²) in [5, 5.41) is 0. The van der Waals surface area contributed by atoms with Crippen molar-refractivity contribution >= 4 is 5.97 Å². The molecule has 1 saturated heterocycles. The molecular weight excluding hydrogens is 452 g/mol. The van der Waals surface area contributed by atoms with Gasteiger partial charge >= 0.3 is 5.97 Å². The number of esters is 1. The number of methoxy groups -OCH3 is 1. The molecule has 1 aliphatic heterocycles. The zero-order valence-electron chi connectivity index (χ0n) is 24.2. The molecule has 0 aromatic carbocycles. The molecule has 0 aliphatic carbocycles. The van der Waals surface area contributed by atoms with Crippen molar-refractivity contribution in [2.24, 2.45) is 11.7 Å². The first kappa shape index (κ1) is 33.3. The van der Waals surface area contributed by atoms with Gasteiger partial charge in [-0.05, 0) is 51.6 Å². The van der Waals surface area contributed by atoms with E-state index in [1.807, 2.05) is 0 Å². The Morgan fingerprint density at radius 3 is 2.00 bits per heavy atom. The van der Waals surface area contributed by atoms with E-state index < -0.39 is 0 Å². The van der Waals surface area contributed by atoms with E-state index in [9.17, 15) is 4.79 Å². The molecule has 2 N–H and O–H groups in total. The Morgan fingerprint density at radius 1 is 0.778 bits per heavy atom. The molecular formula is C29H60N4O3. The van der Waals surface area contributed by atoms with Crippen LogP contribution in [0.25, 0.3) is 0 Å². The van der Waals surface area contributed by atoms with Crippen molar-refractivity contribution < 1.29 is 14.3 Å². The summed E-state index contributed by atoms with van der Waals surface area (Å²) < 4.78 is 11.0. The third-order valence-corrected chi connectivity index (χ3v) is 7.47. The fraction of sp³-hybridized carbons (Fsp3) is 0.966. The fourth-order valence-corrected chi connectivity index (χ4v) is 5.00. The standard InChI is InChI=1S/C29H60N4O3/c1-4-6-8-9-15-28(14-7-5-2)29(34)36-27-13-11-18-31(17-10-12-26-35-3)20-23-33-24-21-32(19-16-30)22-25-33/h28H,4-27,30H2,1-3H3. The summed E-state index contributed by atoms with van der Waals surface area (Å²) in [5.74, 6) is 0.148. The van der Waals surface area contributed by atoms with Crippen LogP contribution in [0.3, 0.4) is 0 Å². The third-order valence-electron chi connectivity index (χ3n) is 7.47. The summed E-state index contributed by atoms with van der Waals surface area (Å²) in [7, 11) is 1.78. The number of rotatable bonds is 24. The SMILES string of the molecule is CCCCCCC(CCCC)C(=O)OCCCCN(CCCCOC)CCN1CCN(CCN)CC1. The number of carbonyl (C=O) groups is 1. The van der Waals surface area contributed by atoms with Crippen LogP contribution in [0, 0.1) is 5.92 Å². The number of hydrogen-bond donors (Lipinski definition) is 1. The maximum atomic E-state index is 12.7. The van der Waals surface area contributed by atoms with Gasteiger partial charge in [0.2, 0.25) is 0 Å². The topological polar surface area (TPSA) is 71.3 Å². The summed E-state index contributed by atoms with van der Waals surface area (Å²) in [4.78, 5) is 20.4. The van der Waals surface area contributed by atoms with Crippen molar-refractivity contribution in [3.63, 3.8) is 0 Å². The lowest BCUT2D eigenvalue weighted by molar-refractivity contribution is -0.149. The Morgan fingerprint density at radius 2 is 1.39 bits per heavy atom. The van der Waals surface area contributed by atoms with E-state index in [-0.39, 0.29) is 11.9 Å². The molecule has 0 spiro atoms. The Labute approximate surface area is 223 Å². The molecule has 0 aromatic rings. The van der Waals surface area contributed by atoms with Crippen LogP contribution in [0.5, 0.6) is 0 Å². The first-order valence-corrected chi connectivity index (χ1v) is 15.2. The van der Waals surface area contributed by atoms with Gasteiger partial charge in [-0.1, -0.05) is 52.4 Å². The van der Waals surface area contributed by atoms with Gasteiger partial charge in [-0.3, -0.25) is 14.6 Å². The van der Waals surface area contributed by atoms with Crippen LogP contribution < -0.4 is 5.73 Å². The first-order chi connectivity index (χ1) is 17.6. The van der Waals surface area contributed by atoms with E-state index in [1.165, 1.54) is 25.7 Å². The monoisotopic (exact) mass is 512 g/mol. The maximum absolute atomic E-state index is 12.7. The Kier molecular flexibility index (Phi) is 21.6. The largest absolute Gasteiger partial charge is 0.465 e. The molecule has 0 aromatic heterocycles. The molecule has 0 radical (unpaired) electrons. The molecule has 1 heterocycles. The van der Waals surface area contributed by atoms with E-state index in [0.717, 1.165) is 123 Å². The molecule has 1 aliphatic rings. The van der Waals surface area contributed by atoms with Crippen molar-refractivity contribution in [1.29, 1.82) is 0 Å². The van der Waals surface area contributed by atoms with Gasteiger partial charge in [-0.15, -0.1) is 0 Å². The van der Waals surface area contributed by atoms with Crippen molar-refractivity contribution in [3.8, 4) is 0 Å². The number of piperazine rings is 1. The van der Waals surface area contributed by atoms with Crippen LogP contribution in [-0.2, 0) is 14.3 Å². The molecule has 7 heteroatoms. The van der Waals surface area contributed by atoms with E-state index in [1.54, 1.807) is 7.11 Å². The second kappa shape index (κ2) is 23.4. The molecule has 0 saturated carbocycles. The van der Waals surface area contributed by atoms with Crippen LogP contribution in [0.2, 0.25) is 0 Å². The van der Waals surface area contributed by atoms with E-state index in [4.69, 9.17) is 15.2 Å². The number of unbranched alkanes of at least 4 members (excludes halogenated alkanes) is 6. The minimum atomic E-state index is 0.0464. The van der Waals surface area contributed by atoms with Gasteiger partial charge in [-0.2, -0.15) is 0 Å². The number of nitrogens with two attached hydrogens (primary N) is 1. The molecule has 1 fully saturated rings. The van der Waals surface area contributed by atoms with Gasteiger partial charge in [-0.25, -0.2) is 0 Å². The summed E-state index contributed by atoms with van der Waals surface area (Å²) in [6.45, 7) is 16.6. The molecule has 7 nitrogen and oxygen atoms in total. The zero-order valence-corrected chi connectivity index (χ0v) is 24.2.